The number of hydrogen-bond acceptors (Lipinski definition) is 3. The summed E-state index contributed by atoms with van der Waals surface area (Å²) in [5.74, 6) is 0.166. The maximum absolute atomic E-state index is 11.8. The Bertz CT molecular complexity index is 467. The number of piperidine rings is 1. The average Bonchev–Trinajstić information content (AvgIpc) is 2.52. The van der Waals surface area contributed by atoms with Crippen LogP contribution in [0.2, 0.25) is 0 Å². The van der Waals surface area contributed by atoms with Gasteiger partial charge in [0.05, 0.1) is 6.54 Å². The highest BCUT2D eigenvalue weighted by Crippen LogP contribution is 2.19. The van der Waals surface area contributed by atoms with Crippen LogP contribution in [0.4, 0.5) is 5.69 Å². The van der Waals surface area contributed by atoms with Crippen LogP contribution in [0.3, 0.4) is 0 Å². The molecule has 4 nitrogen and oxygen atoms in total. The lowest BCUT2D eigenvalue weighted by Crippen LogP contribution is -2.44. The predicted octanol–water partition coefficient (Wildman–Crippen LogP) is 2.79. The van der Waals surface area contributed by atoms with E-state index in [0.717, 1.165) is 45.3 Å². The van der Waals surface area contributed by atoms with Gasteiger partial charge in [-0.15, -0.1) is 0 Å². The second-order valence-corrected chi connectivity index (χ2v) is 6.21. The number of unbranched alkanes of at least 4 members (excludes halogenated alkanes) is 1. The average molecular weight is 303 g/mol. The van der Waals surface area contributed by atoms with Gasteiger partial charge in [-0.05, 0) is 37.8 Å². The summed E-state index contributed by atoms with van der Waals surface area (Å²) in [4.78, 5) is 14.1. The molecule has 0 radical (unpaired) electrons. The molecule has 2 N–H and O–H groups in total. The summed E-state index contributed by atoms with van der Waals surface area (Å²) in [6.07, 6.45) is 4.37. The lowest BCUT2D eigenvalue weighted by molar-refractivity contribution is -0.122. The highest BCUT2D eigenvalue weighted by Gasteiger charge is 2.20. The molecule has 122 valence electrons. The van der Waals surface area contributed by atoms with E-state index in [4.69, 9.17) is 0 Å². The predicted molar refractivity (Wildman–Crippen MR) is 92.2 cm³/mol. The van der Waals surface area contributed by atoms with Crippen LogP contribution in [0.1, 0.15) is 38.2 Å². The third-order valence-electron chi connectivity index (χ3n) is 4.31. The van der Waals surface area contributed by atoms with Crippen molar-refractivity contribution in [3.05, 3.63) is 29.8 Å². The molecule has 1 amide bonds. The molecular weight excluding hydrogens is 274 g/mol. The Balaban J connectivity index is 1.69. The first-order chi connectivity index (χ1) is 10.7. The van der Waals surface area contributed by atoms with E-state index in [-0.39, 0.29) is 5.91 Å². The molecule has 0 spiro atoms. The largest absolute Gasteiger partial charge is 0.382 e. The van der Waals surface area contributed by atoms with Gasteiger partial charge in [-0.1, -0.05) is 31.5 Å². The Kier molecular flexibility index (Phi) is 6.72. The molecule has 1 aromatic carbocycles. The van der Waals surface area contributed by atoms with E-state index < -0.39 is 0 Å². The van der Waals surface area contributed by atoms with Gasteiger partial charge in [-0.3, -0.25) is 9.69 Å². The summed E-state index contributed by atoms with van der Waals surface area (Å²) in [6, 6.07) is 8.94. The number of carbonyl (C=O) groups is 1. The summed E-state index contributed by atoms with van der Waals surface area (Å²) >= 11 is 0. The van der Waals surface area contributed by atoms with Gasteiger partial charge in [0.2, 0.25) is 5.91 Å². The van der Waals surface area contributed by atoms with Crippen LogP contribution in [0, 0.1) is 6.92 Å². The fourth-order valence-corrected chi connectivity index (χ4v) is 2.85. The molecule has 1 fully saturated rings. The van der Waals surface area contributed by atoms with E-state index in [1.165, 1.54) is 11.3 Å². The summed E-state index contributed by atoms with van der Waals surface area (Å²) < 4.78 is 0. The van der Waals surface area contributed by atoms with Gasteiger partial charge in [-0.2, -0.15) is 0 Å². The van der Waals surface area contributed by atoms with E-state index in [0.29, 0.717) is 12.6 Å². The molecule has 1 aliphatic rings. The second-order valence-electron chi connectivity index (χ2n) is 6.21. The molecule has 0 bridgehead atoms. The summed E-state index contributed by atoms with van der Waals surface area (Å²) in [6.45, 7) is 7.60. The van der Waals surface area contributed by atoms with Crippen LogP contribution in [-0.2, 0) is 4.79 Å². The van der Waals surface area contributed by atoms with Crippen molar-refractivity contribution >= 4 is 11.6 Å². The van der Waals surface area contributed by atoms with Crippen LogP contribution in [-0.4, -0.2) is 43.0 Å². The van der Waals surface area contributed by atoms with Gasteiger partial charge in [0.15, 0.2) is 0 Å². The number of para-hydroxylation sites is 1. The maximum atomic E-state index is 11.8. The van der Waals surface area contributed by atoms with Crippen molar-refractivity contribution in [1.82, 2.24) is 10.2 Å². The van der Waals surface area contributed by atoms with Crippen molar-refractivity contribution in [2.45, 2.75) is 45.6 Å². The number of carbonyl (C=O) groups excluding carboxylic acids is 1. The highest BCUT2D eigenvalue weighted by atomic mass is 16.2. The zero-order chi connectivity index (χ0) is 15.8. The summed E-state index contributed by atoms with van der Waals surface area (Å²) in [5.41, 5.74) is 2.53. The molecule has 2 rings (SSSR count). The Labute approximate surface area is 134 Å². The number of aryl methyl sites for hydroxylation is 1. The minimum Gasteiger partial charge on any atom is -0.382 e. The van der Waals surface area contributed by atoms with E-state index in [1.54, 1.807) is 0 Å². The van der Waals surface area contributed by atoms with Crippen molar-refractivity contribution in [2.24, 2.45) is 0 Å². The molecule has 1 heterocycles. The first-order valence-corrected chi connectivity index (χ1v) is 8.50. The van der Waals surface area contributed by atoms with E-state index in [1.807, 2.05) is 0 Å². The molecular formula is C18H29N3O. The molecule has 4 heteroatoms. The molecule has 0 atom stereocenters. The quantitative estimate of drug-likeness (QED) is 0.761. The maximum Gasteiger partial charge on any atom is 0.234 e. The number of nitrogens with one attached hydrogen (secondary N) is 2. The van der Waals surface area contributed by atoms with Crippen molar-refractivity contribution in [3.63, 3.8) is 0 Å². The standard InChI is InChI=1S/C18H29N3O/c1-3-4-11-19-18(22)14-21-12-9-16(10-13-21)20-17-8-6-5-7-15(17)2/h5-8,16,20H,3-4,9-14H2,1-2H3,(H,19,22). The lowest BCUT2D eigenvalue weighted by Gasteiger charge is -2.32. The number of amides is 1. The van der Waals surface area contributed by atoms with E-state index in [2.05, 4.69) is 53.6 Å². The first kappa shape index (κ1) is 16.8. The number of nitrogens with zero attached hydrogens (tertiary/aromatic N) is 1. The molecule has 0 aliphatic carbocycles. The van der Waals surface area contributed by atoms with Gasteiger partial charge in [0.1, 0.15) is 0 Å². The van der Waals surface area contributed by atoms with Crippen LogP contribution in [0.25, 0.3) is 0 Å². The monoisotopic (exact) mass is 303 g/mol. The molecule has 1 aliphatic heterocycles. The van der Waals surface area contributed by atoms with Crippen LogP contribution >= 0.6 is 0 Å². The SMILES string of the molecule is CCCCNC(=O)CN1CCC(Nc2ccccc2C)CC1. The van der Waals surface area contributed by atoms with Gasteiger partial charge >= 0.3 is 0 Å². The van der Waals surface area contributed by atoms with Gasteiger partial charge in [-0.25, -0.2) is 0 Å². The third-order valence-corrected chi connectivity index (χ3v) is 4.31. The number of anilines is 1. The molecule has 0 aromatic heterocycles. The Morgan fingerprint density at radius 3 is 2.68 bits per heavy atom. The van der Waals surface area contributed by atoms with Gasteiger partial charge < -0.3 is 10.6 Å². The molecule has 22 heavy (non-hydrogen) atoms. The van der Waals surface area contributed by atoms with Crippen molar-refractivity contribution in [3.8, 4) is 0 Å². The van der Waals surface area contributed by atoms with Gasteiger partial charge in [0.25, 0.3) is 0 Å². The minimum atomic E-state index is 0.166. The van der Waals surface area contributed by atoms with Crippen LogP contribution in [0.15, 0.2) is 24.3 Å². The first-order valence-electron chi connectivity index (χ1n) is 8.50. The molecule has 0 unspecified atom stereocenters. The van der Waals surface area contributed by atoms with Crippen molar-refractivity contribution in [2.75, 3.05) is 31.5 Å². The van der Waals surface area contributed by atoms with Gasteiger partial charge in [0, 0.05) is 31.4 Å². The van der Waals surface area contributed by atoms with Crippen LogP contribution in [0.5, 0.6) is 0 Å². The van der Waals surface area contributed by atoms with Crippen molar-refractivity contribution < 1.29 is 4.79 Å². The summed E-state index contributed by atoms with van der Waals surface area (Å²) in [5, 5.41) is 6.63. The second kappa shape index (κ2) is 8.79. The molecule has 1 saturated heterocycles. The van der Waals surface area contributed by atoms with Crippen LogP contribution < -0.4 is 10.6 Å². The van der Waals surface area contributed by atoms with E-state index in [9.17, 15) is 4.79 Å². The topological polar surface area (TPSA) is 44.4 Å². The fraction of sp³-hybridized carbons (Fsp3) is 0.611. The zero-order valence-electron chi connectivity index (χ0n) is 13.9. The fourth-order valence-electron chi connectivity index (χ4n) is 2.85. The molecule has 0 saturated carbocycles. The normalized spacial score (nSPS) is 16.5. The number of likely N-dealkylation sites (tertiary alicyclic amines) is 1. The van der Waals surface area contributed by atoms with E-state index >= 15 is 0 Å². The third kappa shape index (κ3) is 5.34. The Morgan fingerprint density at radius 1 is 1.27 bits per heavy atom. The lowest BCUT2D eigenvalue weighted by atomic mass is 10.0. The number of benzene rings is 1. The summed E-state index contributed by atoms with van der Waals surface area (Å²) in [7, 11) is 0. The smallest absolute Gasteiger partial charge is 0.234 e. The zero-order valence-corrected chi connectivity index (χ0v) is 13.9. The number of hydrogen-bond donors (Lipinski definition) is 2. The molecule has 1 aromatic rings. The minimum absolute atomic E-state index is 0.166. The Morgan fingerprint density at radius 2 is 2.00 bits per heavy atom. The van der Waals surface area contributed by atoms with Crippen molar-refractivity contribution in [1.29, 1.82) is 0 Å². The Hall–Kier alpha value is -1.55. The number of rotatable bonds is 7. The highest BCUT2D eigenvalue weighted by molar-refractivity contribution is 5.77.